The van der Waals surface area contributed by atoms with Gasteiger partial charge in [-0.05, 0) is 38.8 Å². The molecule has 1 unspecified atom stereocenters. The lowest BCUT2D eigenvalue weighted by Gasteiger charge is -2.22. The lowest BCUT2D eigenvalue weighted by atomic mass is 10.2. The standard InChI is InChI=1S/C18H19N3O3S2/c1-12-9-17(24-20-12)16-7-4-8-21(16)26(22,23)15-6-3-5-14(10-15)18-19-13(2)11-25-18/h3,5-6,9-11,16H,4,7-8H2,1-2H3. The van der Waals surface area contributed by atoms with Crippen molar-refractivity contribution in [1.82, 2.24) is 14.4 Å². The second kappa shape index (κ2) is 6.61. The molecule has 6 nitrogen and oxygen atoms in total. The van der Waals surface area contributed by atoms with Gasteiger partial charge in [0, 0.05) is 29.2 Å². The maximum absolute atomic E-state index is 13.3. The van der Waals surface area contributed by atoms with Gasteiger partial charge in [0.15, 0.2) is 5.76 Å². The summed E-state index contributed by atoms with van der Waals surface area (Å²) in [5.74, 6) is 0.607. The van der Waals surface area contributed by atoms with Gasteiger partial charge in [0.25, 0.3) is 0 Å². The van der Waals surface area contributed by atoms with Crippen molar-refractivity contribution in [2.75, 3.05) is 6.54 Å². The number of nitrogens with zero attached hydrogens (tertiary/aromatic N) is 3. The summed E-state index contributed by atoms with van der Waals surface area (Å²) in [6.07, 6.45) is 1.54. The molecule has 0 aliphatic carbocycles. The van der Waals surface area contributed by atoms with Gasteiger partial charge in [-0.25, -0.2) is 13.4 Å². The zero-order valence-electron chi connectivity index (χ0n) is 14.5. The quantitative estimate of drug-likeness (QED) is 0.675. The van der Waals surface area contributed by atoms with E-state index in [4.69, 9.17) is 4.52 Å². The summed E-state index contributed by atoms with van der Waals surface area (Å²) in [7, 11) is -3.63. The average Bonchev–Trinajstić information content (AvgIpc) is 3.35. The smallest absolute Gasteiger partial charge is 0.243 e. The zero-order valence-corrected chi connectivity index (χ0v) is 16.2. The fourth-order valence-corrected chi connectivity index (χ4v) is 5.77. The van der Waals surface area contributed by atoms with Crippen molar-refractivity contribution in [3.63, 3.8) is 0 Å². The van der Waals surface area contributed by atoms with Crippen LogP contribution in [0, 0.1) is 13.8 Å². The van der Waals surface area contributed by atoms with E-state index >= 15 is 0 Å². The van der Waals surface area contributed by atoms with Crippen LogP contribution in [0.25, 0.3) is 10.6 Å². The monoisotopic (exact) mass is 389 g/mol. The van der Waals surface area contributed by atoms with Crippen LogP contribution < -0.4 is 0 Å². The summed E-state index contributed by atoms with van der Waals surface area (Å²) in [6.45, 7) is 4.24. The largest absolute Gasteiger partial charge is 0.359 e. The van der Waals surface area contributed by atoms with E-state index in [2.05, 4.69) is 10.1 Å². The van der Waals surface area contributed by atoms with Crippen LogP contribution in [0.1, 0.15) is 36.0 Å². The first-order chi connectivity index (χ1) is 12.4. The molecule has 1 fully saturated rings. The Hall–Kier alpha value is -2.03. The van der Waals surface area contributed by atoms with Gasteiger partial charge in [0.05, 0.1) is 16.6 Å². The van der Waals surface area contributed by atoms with Crippen molar-refractivity contribution >= 4 is 21.4 Å². The van der Waals surface area contributed by atoms with Crippen molar-refractivity contribution in [2.24, 2.45) is 0 Å². The van der Waals surface area contributed by atoms with E-state index < -0.39 is 10.0 Å². The van der Waals surface area contributed by atoms with E-state index in [1.54, 1.807) is 18.2 Å². The summed E-state index contributed by atoms with van der Waals surface area (Å²) in [4.78, 5) is 4.74. The molecule has 0 amide bonds. The number of sulfonamides is 1. The molecule has 136 valence electrons. The number of thiazole rings is 1. The second-order valence-corrected chi connectivity index (χ2v) is 9.21. The minimum atomic E-state index is -3.63. The summed E-state index contributed by atoms with van der Waals surface area (Å²) in [6, 6.07) is 8.51. The van der Waals surface area contributed by atoms with Crippen molar-refractivity contribution in [3.05, 3.63) is 52.9 Å². The Kier molecular flexibility index (Phi) is 4.42. The first kappa shape index (κ1) is 17.4. The third-order valence-electron chi connectivity index (χ3n) is 4.48. The molecule has 2 aromatic heterocycles. The molecule has 0 radical (unpaired) electrons. The molecular formula is C18H19N3O3S2. The lowest BCUT2D eigenvalue weighted by Crippen LogP contribution is -2.30. The van der Waals surface area contributed by atoms with Crippen LogP contribution in [0.5, 0.6) is 0 Å². The Morgan fingerprint density at radius 3 is 2.77 bits per heavy atom. The Morgan fingerprint density at radius 1 is 1.23 bits per heavy atom. The molecule has 0 spiro atoms. The van der Waals surface area contributed by atoms with Gasteiger partial charge in [-0.3, -0.25) is 0 Å². The topological polar surface area (TPSA) is 76.3 Å². The van der Waals surface area contributed by atoms with Crippen molar-refractivity contribution < 1.29 is 12.9 Å². The van der Waals surface area contributed by atoms with Crippen LogP contribution in [0.2, 0.25) is 0 Å². The van der Waals surface area contributed by atoms with E-state index in [0.717, 1.165) is 34.8 Å². The average molecular weight is 390 g/mol. The molecule has 1 aliphatic rings. The number of rotatable bonds is 4. The van der Waals surface area contributed by atoms with Crippen molar-refractivity contribution in [3.8, 4) is 10.6 Å². The third kappa shape index (κ3) is 3.08. The van der Waals surface area contributed by atoms with Crippen LogP contribution in [-0.2, 0) is 10.0 Å². The molecule has 26 heavy (non-hydrogen) atoms. The Morgan fingerprint density at radius 2 is 2.08 bits per heavy atom. The van der Waals surface area contributed by atoms with E-state index in [1.807, 2.05) is 31.4 Å². The number of benzene rings is 1. The minimum absolute atomic E-state index is 0.283. The molecular weight excluding hydrogens is 370 g/mol. The molecule has 4 rings (SSSR count). The highest BCUT2D eigenvalue weighted by Gasteiger charge is 2.38. The number of hydrogen-bond acceptors (Lipinski definition) is 6. The van der Waals surface area contributed by atoms with E-state index in [1.165, 1.54) is 15.6 Å². The molecule has 1 atom stereocenters. The van der Waals surface area contributed by atoms with Crippen molar-refractivity contribution in [1.29, 1.82) is 0 Å². The predicted octanol–water partition coefficient (Wildman–Crippen LogP) is 3.94. The maximum atomic E-state index is 13.3. The summed E-state index contributed by atoms with van der Waals surface area (Å²) in [5, 5.41) is 6.68. The molecule has 1 saturated heterocycles. The Balaban J connectivity index is 1.70. The van der Waals surface area contributed by atoms with Gasteiger partial charge >= 0.3 is 0 Å². The highest BCUT2D eigenvalue weighted by Crippen LogP contribution is 2.37. The van der Waals surface area contributed by atoms with Crippen LogP contribution in [0.3, 0.4) is 0 Å². The molecule has 1 aliphatic heterocycles. The van der Waals surface area contributed by atoms with Gasteiger partial charge in [0.1, 0.15) is 5.01 Å². The SMILES string of the molecule is Cc1cc(C2CCCN2S(=O)(=O)c2cccc(-c3nc(C)cs3)c2)on1. The fraction of sp³-hybridized carbons (Fsp3) is 0.333. The number of hydrogen-bond donors (Lipinski definition) is 0. The molecule has 0 saturated carbocycles. The Bertz CT molecular complexity index is 1040. The van der Waals surface area contributed by atoms with Gasteiger partial charge in [0.2, 0.25) is 10.0 Å². The van der Waals surface area contributed by atoms with Gasteiger partial charge in [-0.2, -0.15) is 4.31 Å². The molecule has 3 aromatic rings. The van der Waals surface area contributed by atoms with Crippen LogP contribution >= 0.6 is 11.3 Å². The molecule has 1 aromatic carbocycles. The van der Waals surface area contributed by atoms with Gasteiger partial charge in [-0.1, -0.05) is 17.3 Å². The molecule has 8 heteroatoms. The highest BCUT2D eigenvalue weighted by molar-refractivity contribution is 7.89. The first-order valence-electron chi connectivity index (χ1n) is 8.43. The van der Waals surface area contributed by atoms with Crippen molar-refractivity contribution in [2.45, 2.75) is 37.6 Å². The third-order valence-corrected chi connectivity index (χ3v) is 7.40. The van der Waals surface area contributed by atoms with Crippen LogP contribution in [-0.4, -0.2) is 29.4 Å². The highest BCUT2D eigenvalue weighted by atomic mass is 32.2. The van der Waals surface area contributed by atoms with E-state index in [9.17, 15) is 8.42 Å². The van der Waals surface area contributed by atoms with Gasteiger partial charge in [-0.15, -0.1) is 11.3 Å². The maximum Gasteiger partial charge on any atom is 0.243 e. The van der Waals surface area contributed by atoms with E-state index in [-0.39, 0.29) is 10.9 Å². The predicted molar refractivity (Wildman–Crippen MR) is 99.4 cm³/mol. The summed E-state index contributed by atoms with van der Waals surface area (Å²) >= 11 is 1.51. The first-order valence-corrected chi connectivity index (χ1v) is 10.7. The Labute approximate surface area is 156 Å². The summed E-state index contributed by atoms with van der Waals surface area (Å²) < 4.78 is 33.4. The molecule has 3 heterocycles. The van der Waals surface area contributed by atoms with E-state index in [0.29, 0.717) is 12.3 Å². The second-order valence-electron chi connectivity index (χ2n) is 6.47. The number of aromatic nitrogens is 2. The van der Waals surface area contributed by atoms with Crippen LogP contribution in [0.15, 0.2) is 45.1 Å². The lowest BCUT2D eigenvalue weighted by molar-refractivity contribution is 0.297. The zero-order chi connectivity index (χ0) is 18.3. The summed E-state index contributed by atoms with van der Waals surface area (Å²) in [5.41, 5.74) is 2.50. The molecule has 0 N–H and O–H groups in total. The van der Waals surface area contributed by atoms with Gasteiger partial charge < -0.3 is 4.52 Å². The van der Waals surface area contributed by atoms with Crippen LogP contribution in [0.4, 0.5) is 0 Å². The minimum Gasteiger partial charge on any atom is -0.359 e. The molecule has 0 bridgehead atoms. The number of aryl methyl sites for hydroxylation is 2. The normalized spacial score (nSPS) is 18.5. The fourth-order valence-electron chi connectivity index (χ4n) is 3.26.